The van der Waals surface area contributed by atoms with Gasteiger partial charge in [0.05, 0.1) is 13.2 Å². The van der Waals surface area contributed by atoms with Crippen molar-refractivity contribution in [3.8, 4) is 12.3 Å². The monoisotopic (exact) mass is 212 g/mol. The normalized spacial score (nSPS) is 14.9. The molecule has 15 heavy (non-hydrogen) atoms. The van der Waals surface area contributed by atoms with Crippen LogP contribution in [0.15, 0.2) is 0 Å². The van der Waals surface area contributed by atoms with Crippen molar-refractivity contribution in [1.82, 2.24) is 10.2 Å². The van der Waals surface area contributed by atoms with Crippen LogP contribution in [-0.2, 0) is 4.74 Å². The Hall–Kier alpha value is -0.560. The summed E-state index contributed by atoms with van der Waals surface area (Å²) in [7, 11) is 1.74. The summed E-state index contributed by atoms with van der Waals surface area (Å²) in [5.74, 6) is 2.58. The highest BCUT2D eigenvalue weighted by Gasteiger charge is 2.17. The molecule has 0 bridgehead atoms. The van der Waals surface area contributed by atoms with Gasteiger partial charge in [0.2, 0.25) is 0 Å². The molecule has 0 aliphatic carbocycles. The molecule has 88 valence electrons. The summed E-state index contributed by atoms with van der Waals surface area (Å²) in [6.07, 6.45) is 5.18. The zero-order chi connectivity index (χ0) is 11.7. The van der Waals surface area contributed by atoms with Gasteiger partial charge in [0, 0.05) is 25.7 Å². The Labute approximate surface area is 94.2 Å². The number of hydrogen-bond acceptors (Lipinski definition) is 3. The maximum absolute atomic E-state index is 5.18. The molecule has 0 aromatic carbocycles. The van der Waals surface area contributed by atoms with E-state index in [4.69, 9.17) is 11.2 Å². The molecule has 0 aromatic rings. The maximum atomic E-state index is 5.18. The number of methoxy groups -OCH3 is 1. The van der Waals surface area contributed by atoms with E-state index in [1.807, 2.05) is 0 Å². The molecule has 0 heterocycles. The van der Waals surface area contributed by atoms with Crippen molar-refractivity contribution in [2.45, 2.75) is 32.9 Å². The van der Waals surface area contributed by atoms with Crippen LogP contribution < -0.4 is 5.32 Å². The first-order valence-corrected chi connectivity index (χ1v) is 5.56. The molecular formula is C12H24N2O. The minimum Gasteiger partial charge on any atom is -0.383 e. The fourth-order valence-electron chi connectivity index (χ4n) is 1.87. The van der Waals surface area contributed by atoms with Crippen LogP contribution in [0.25, 0.3) is 0 Å². The second kappa shape index (κ2) is 8.72. The molecule has 2 atom stereocenters. The fourth-order valence-corrected chi connectivity index (χ4v) is 1.87. The van der Waals surface area contributed by atoms with E-state index in [9.17, 15) is 0 Å². The van der Waals surface area contributed by atoms with Gasteiger partial charge in [-0.15, -0.1) is 6.42 Å². The quantitative estimate of drug-likeness (QED) is 0.479. The van der Waals surface area contributed by atoms with Crippen LogP contribution >= 0.6 is 0 Å². The lowest BCUT2D eigenvalue weighted by Crippen LogP contribution is -2.46. The topological polar surface area (TPSA) is 24.5 Å². The van der Waals surface area contributed by atoms with E-state index >= 15 is 0 Å². The molecule has 0 aliphatic heterocycles. The smallest absolute Gasteiger partial charge is 0.0615 e. The Morgan fingerprint density at radius 1 is 1.40 bits per heavy atom. The predicted molar refractivity (Wildman–Crippen MR) is 64.9 cm³/mol. The molecule has 3 nitrogen and oxygen atoms in total. The lowest BCUT2D eigenvalue weighted by molar-refractivity contribution is 0.0784. The first-order chi connectivity index (χ1) is 7.17. The molecule has 0 radical (unpaired) electrons. The second-order valence-electron chi connectivity index (χ2n) is 3.82. The Balaban J connectivity index is 3.98. The highest BCUT2D eigenvalue weighted by atomic mass is 16.5. The molecule has 2 unspecified atom stereocenters. The van der Waals surface area contributed by atoms with Gasteiger partial charge >= 0.3 is 0 Å². The third kappa shape index (κ3) is 5.78. The van der Waals surface area contributed by atoms with Gasteiger partial charge in [-0.2, -0.15) is 0 Å². The van der Waals surface area contributed by atoms with Crippen LogP contribution in [-0.4, -0.2) is 50.3 Å². The molecule has 0 fully saturated rings. The Morgan fingerprint density at radius 3 is 2.53 bits per heavy atom. The van der Waals surface area contributed by atoms with Crippen molar-refractivity contribution < 1.29 is 4.74 Å². The molecule has 0 saturated heterocycles. The summed E-state index contributed by atoms with van der Waals surface area (Å²) >= 11 is 0. The van der Waals surface area contributed by atoms with Crippen molar-refractivity contribution in [1.29, 1.82) is 0 Å². The third-order valence-electron chi connectivity index (χ3n) is 2.57. The molecule has 0 aliphatic rings. The van der Waals surface area contributed by atoms with Crippen LogP contribution in [0.2, 0.25) is 0 Å². The van der Waals surface area contributed by atoms with Gasteiger partial charge < -0.3 is 10.1 Å². The molecule has 0 saturated carbocycles. The van der Waals surface area contributed by atoms with Gasteiger partial charge in [0.15, 0.2) is 0 Å². The van der Waals surface area contributed by atoms with E-state index in [-0.39, 0.29) is 0 Å². The number of nitrogens with one attached hydrogen (secondary N) is 1. The minimum atomic E-state index is 0.447. The summed E-state index contributed by atoms with van der Waals surface area (Å²) in [6, 6.07) is 0.927. The van der Waals surface area contributed by atoms with Gasteiger partial charge in [-0.1, -0.05) is 12.8 Å². The number of likely N-dealkylation sites (N-methyl/N-ethyl adjacent to an activating group) is 1. The number of nitrogens with zero attached hydrogens (tertiary/aromatic N) is 1. The Bertz CT molecular complexity index is 189. The first kappa shape index (κ1) is 14.4. The number of hydrogen-bond donors (Lipinski definition) is 1. The second-order valence-corrected chi connectivity index (χ2v) is 3.82. The standard InChI is InChI=1S/C12H24N2O/c1-6-8-13-9-11(3)14(7-2)12(4)10-15-5/h1,11-13H,7-10H2,2-5H3. The first-order valence-electron chi connectivity index (χ1n) is 5.56. The molecule has 0 rings (SSSR count). The average molecular weight is 212 g/mol. The summed E-state index contributed by atoms with van der Waals surface area (Å²) < 4.78 is 5.17. The fraction of sp³-hybridized carbons (Fsp3) is 0.833. The largest absolute Gasteiger partial charge is 0.383 e. The van der Waals surface area contributed by atoms with E-state index in [1.165, 1.54) is 0 Å². The molecule has 0 amide bonds. The van der Waals surface area contributed by atoms with Gasteiger partial charge in [-0.05, 0) is 20.4 Å². The van der Waals surface area contributed by atoms with Crippen molar-refractivity contribution >= 4 is 0 Å². The van der Waals surface area contributed by atoms with Crippen LogP contribution in [0.5, 0.6) is 0 Å². The van der Waals surface area contributed by atoms with E-state index in [0.717, 1.165) is 19.7 Å². The summed E-state index contributed by atoms with van der Waals surface area (Å²) in [6.45, 7) is 9.93. The molecule has 0 aromatic heterocycles. The third-order valence-corrected chi connectivity index (χ3v) is 2.57. The summed E-state index contributed by atoms with van der Waals surface area (Å²) in [4.78, 5) is 2.41. The van der Waals surface area contributed by atoms with Crippen LogP contribution in [0, 0.1) is 12.3 Å². The number of ether oxygens (including phenoxy) is 1. The van der Waals surface area contributed by atoms with Gasteiger partial charge in [-0.25, -0.2) is 0 Å². The predicted octanol–water partition coefficient (Wildman–Crippen LogP) is 0.955. The van der Waals surface area contributed by atoms with Gasteiger partial charge in [0.25, 0.3) is 0 Å². The number of rotatable bonds is 8. The van der Waals surface area contributed by atoms with Crippen LogP contribution in [0.4, 0.5) is 0 Å². The highest BCUT2D eigenvalue weighted by molar-refractivity contribution is 4.87. The molecule has 1 N–H and O–H groups in total. The van der Waals surface area contributed by atoms with Crippen molar-refractivity contribution in [3.05, 3.63) is 0 Å². The SMILES string of the molecule is C#CCNCC(C)N(CC)C(C)COC. The van der Waals surface area contributed by atoms with Crippen molar-refractivity contribution in [2.24, 2.45) is 0 Å². The van der Waals surface area contributed by atoms with Crippen molar-refractivity contribution in [3.63, 3.8) is 0 Å². The van der Waals surface area contributed by atoms with Gasteiger partial charge in [-0.3, -0.25) is 4.90 Å². The van der Waals surface area contributed by atoms with Crippen LogP contribution in [0.1, 0.15) is 20.8 Å². The Kier molecular flexibility index (Phi) is 8.40. The molecular weight excluding hydrogens is 188 g/mol. The lowest BCUT2D eigenvalue weighted by Gasteiger charge is -2.33. The van der Waals surface area contributed by atoms with Gasteiger partial charge in [0.1, 0.15) is 0 Å². The van der Waals surface area contributed by atoms with E-state index < -0.39 is 0 Å². The zero-order valence-electron chi connectivity index (χ0n) is 10.4. The maximum Gasteiger partial charge on any atom is 0.0615 e. The van der Waals surface area contributed by atoms with E-state index in [0.29, 0.717) is 18.6 Å². The number of terminal acetylenes is 1. The highest BCUT2D eigenvalue weighted by Crippen LogP contribution is 2.04. The zero-order valence-corrected chi connectivity index (χ0v) is 10.4. The Morgan fingerprint density at radius 2 is 2.07 bits per heavy atom. The van der Waals surface area contributed by atoms with E-state index in [1.54, 1.807) is 7.11 Å². The van der Waals surface area contributed by atoms with Crippen LogP contribution in [0.3, 0.4) is 0 Å². The van der Waals surface area contributed by atoms with E-state index in [2.05, 4.69) is 36.9 Å². The summed E-state index contributed by atoms with van der Waals surface area (Å²) in [5, 5.41) is 3.23. The van der Waals surface area contributed by atoms with Crippen molar-refractivity contribution in [2.75, 3.05) is 33.4 Å². The molecule has 3 heteroatoms. The average Bonchev–Trinajstić information content (AvgIpc) is 2.19. The molecule has 0 spiro atoms. The summed E-state index contributed by atoms with van der Waals surface area (Å²) in [5.41, 5.74) is 0. The lowest BCUT2D eigenvalue weighted by atomic mass is 10.2. The minimum absolute atomic E-state index is 0.447.